The maximum absolute atomic E-state index is 11.4. The van der Waals surface area contributed by atoms with Crippen molar-refractivity contribution in [3.05, 3.63) is 23.7 Å². The third-order valence-corrected chi connectivity index (χ3v) is 3.02. The van der Waals surface area contributed by atoms with Gasteiger partial charge in [0.05, 0.1) is 6.26 Å². The highest BCUT2D eigenvalue weighted by Gasteiger charge is 2.25. The highest BCUT2D eigenvalue weighted by atomic mass is 16.3. The lowest BCUT2D eigenvalue weighted by Gasteiger charge is -2.27. The van der Waals surface area contributed by atoms with Crippen molar-refractivity contribution < 1.29 is 9.21 Å². The number of hydrogen-bond donors (Lipinski definition) is 0. The van der Waals surface area contributed by atoms with Gasteiger partial charge in [-0.25, -0.2) is 0 Å². The molecule has 0 N–H and O–H groups in total. The van der Waals surface area contributed by atoms with Crippen molar-refractivity contribution in [1.82, 2.24) is 4.90 Å². The summed E-state index contributed by atoms with van der Waals surface area (Å²) in [6.07, 6.45) is 1.70. The van der Waals surface area contributed by atoms with E-state index in [1.54, 1.807) is 13.2 Å². The Morgan fingerprint density at radius 3 is 2.56 bits per heavy atom. The Bertz CT molecular complexity index is 366. The Morgan fingerprint density at radius 2 is 2.12 bits per heavy atom. The molecule has 0 saturated carbocycles. The summed E-state index contributed by atoms with van der Waals surface area (Å²) < 4.78 is 5.25. The maximum Gasteiger partial charge on any atom is 0.136 e. The number of ketones is 1. The molecular weight excluding hydrogens is 202 g/mol. The van der Waals surface area contributed by atoms with Gasteiger partial charge in [0.15, 0.2) is 0 Å². The Hall–Kier alpha value is -1.09. The number of aryl methyl sites for hydroxylation is 1. The van der Waals surface area contributed by atoms with E-state index in [2.05, 4.69) is 4.90 Å². The lowest BCUT2D eigenvalue weighted by molar-refractivity contribution is -0.125. The number of Topliss-reactive ketones (excluding diaryl/α,β-unsaturated/α-hetero) is 1. The molecule has 1 aromatic heterocycles. The van der Waals surface area contributed by atoms with Gasteiger partial charge in [-0.05, 0) is 27.0 Å². The number of carbonyl (C=O) groups is 1. The van der Waals surface area contributed by atoms with Crippen molar-refractivity contribution >= 4 is 5.78 Å². The second-order valence-electron chi connectivity index (χ2n) is 5.11. The zero-order valence-corrected chi connectivity index (χ0v) is 10.8. The number of nitrogens with zero attached hydrogens (tertiary/aromatic N) is 1. The number of carbonyl (C=O) groups excluding carboxylic acids is 1. The van der Waals surface area contributed by atoms with Crippen LogP contribution in [0.25, 0.3) is 0 Å². The van der Waals surface area contributed by atoms with Crippen LogP contribution in [-0.4, -0.2) is 24.3 Å². The van der Waals surface area contributed by atoms with Gasteiger partial charge in [-0.3, -0.25) is 4.79 Å². The minimum absolute atomic E-state index is 0.225. The van der Waals surface area contributed by atoms with Crippen LogP contribution in [-0.2, 0) is 11.3 Å². The monoisotopic (exact) mass is 223 g/mol. The fourth-order valence-electron chi connectivity index (χ4n) is 1.71. The molecule has 0 bridgehead atoms. The van der Waals surface area contributed by atoms with Crippen molar-refractivity contribution in [2.45, 2.75) is 34.2 Å². The highest BCUT2D eigenvalue weighted by Crippen LogP contribution is 2.19. The first-order valence-electron chi connectivity index (χ1n) is 5.55. The van der Waals surface area contributed by atoms with Crippen LogP contribution in [0.15, 0.2) is 16.7 Å². The van der Waals surface area contributed by atoms with Crippen LogP contribution in [0.1, 0.15) is 32.1 Å². The SMILES string of the molecule is CC(=O)C(C)(C)CN(C)Cc1ccoc1C. The zero-order chi connectivity index (χ0) is 12.3. The summed E-state index contributed by atoms with van der Waals surface area (Å²) in [5.41, 5.74) is 0.897. The molecule has 0 aliphatic carbocycles. The summed E-state index contributed by atoms with van der Waals surface area (Å²) in [7, 11) is 2.02. The lowest BCUT2D eigenvalue weighted by atomic mass is 9.88. The second kappa shape index (κ2) is 4.83. The normalized spacial score (nSPS) is 12.1. The topological polar surface area (TPSA) is 33.5 Å². The minimum Gasteiger partial charge on any atom is -0.469 e. The van der Waals surface area contributed by atoms with Crippen LogP contribution < -0.4 is 0 Å². The molecule has 0 saturated heterocycles. The molecule has 0 aliphatic heterocycles. The van der Waals surface area contributed by atoms with Crippen LogP contribution in [0.3, 0.4) is 0 Å². The number of furan rings is 1. The van der Waals surface area contributed by atoms with E-state index in [1.807, 2.05) is 33.9 Å². The molecule has 0 aromatic carbocycles. The first-order valence-corrected chi connectivity index (χ1v) is 5.55. The van der Waals surface area contributed by atoms with Gasteiger partial charge in [0.2, 0.25) is 0 Å². The third-order valence-electron chi connectivity index (χ3n) is 3.02. The van der Waals surface area contributed by atoms with Gasteiger partial charge in [0.1, 0.15) is 11.5 Å². The smallest absolute Gasteiger partial charge is 0.136 e. The Balaban J connectivity index is 2.58. The molecule has 1 aromatic rings. The maximum atomic E-state index is 11.4. The summed E-state index contributed by atoms with van der Waals surface area (Å²) in [5.74, 6) is 1.18. The van der Waals surface area contributed by atoms with Crippen molar-refractivity contribution in [3.63, 3.8) is 0 Å². The predicted octanol–water partition coefficient (Wildman–Crippen LogP) is 2.64. The highest BCUT2D eigenvalue weighted by molar-refractivity contribution is 5.81. The molecule has 1 rings (SSSR count). The van der Waals surface area contributed by atoms with Gasteiger partial charge in [-0.15, -0.1) is 0 Å². The molecule has 0 fully saturated rings. The van der Waals surface area contributed by atoms with Crippen molar-refractivity contribution in [2.24, 2.45) is 5.41 Å². The lowest BCUT2D eigenvalue weighted by Crippen LogP contribution is -2.35. The second-order valence-corrected chi connectivity index (χ2v) is 5.11. The molecule has 0 radical (unpaired) electrons. The third kappa shape index (κ3) is 3.20. The van der Waals surface area contributed by atoms with Gasteiger partial charge >= 0.3 is 0 Å². The van der Waals surface area contributed by atoms with Crippen LogP contribution in [0.4, 0.5) is 0 Å². The minimum atomic E-state index is -0.285. The van der Waals surface area contributed by atoms with E-state index in [1.165, 1.54) is 5.56 Å². The zero-order valence-electron chi connectivity index (χ0n) is 10.8. The van der Waals surface area contributed by atoms with E-state index >= 15 is 0 Å². The Kier molecular flexibility index (Phi) is 3.92. The molecule has 3 nitrogen and oxygen atoms in total. The number of hydrogen-bond acceptors (Lipinski definition) is 3. The molecule has 3 heteroatoms. The van der Waals surface area contributed by atoms with Crippen molar-refractivity contribution in [1.29, 1.82) is 0 Å². The fourth-order valence-corrected chi connectivity index (χ4v) is 1.71. The first-order chi connectivity index (χ1) is 7.33. The van der Waals surface area contributed by atoms with E-state index in [0.717, 1.165) is 18.8 Å². The summed E-state index contributed by atoms with van der Waals surface area (Å²) in [5, 5.41) is 0. The van der Waals surface area contributed by atoms with Gasteiger partial charge in [-0.1, -0.05) is 13.8 Å². The van der Waals surface area contributed by atoms with Gasteiger partial charge < -0.3 is 9.32 Å². The van der Waals surface area contributed by atoms with E-state index in [4.69, 9.17) is 4.42 Å². The average molecular weight is 223 g/mol. The molecule has 1 heterocycles. The van der Waals surface area contributed by atoms with E-state index in [-0.39, 0.29) is 11.2 Å². The molecule has 0 atom stereocenters. The first kappa shape index (κ1) is 13.0. The standard InChI is InChI=1S/C13H21NO2/c1-10-12(6-7-16-10)8-14(5)9-13(3,4)11(2)15/h6-7H,8-9H2,1-5H3. The van der Waals surface area contributed by atoms with Gasteiger partial charge in [-0.2, -0.15) is 0 Å². The molecule has 0 spiro atoms. The molecule has 0 aliphatic rings. The number of rotatable bonds is 5. The van der Waals surface area contributed by atoms with E-state index in [9.17, 15) is 4.79 Å². The summed E-state index contributed by atoms with van der Waals surface area (Å²) in [4.78, 5) is 13.6. The van der Waals surface area contributed by atoms with E-state index in [0.29, 0.717) is 0 Å². The predicted molar refractivity (Wildman–Crippen MR) is 64.2 cm³/mol. The summed E-state index contributed by atoms with van der Waals surface area (Å²) in [6.45, 7) is 9.14. The Labute approximate surface area is 97.4 Å². The summed E-state index contributed by atoms with van der Waals surface area (Å²) >= 11 is 0. The quantitative estimate of drug-likeness (QED) is 0.769. The molecule has 16 heavy (non-hydrogen) atoms. The van der Waals surface area contributed by atoms with Crippen LogP contribution in [0.2, 0.25) is 0 Å². The van der Waals surface area contributed by atoms with Gasteiger partial charge in [0, 0.05) is 24.1 Å². The van der Waals surface area contributed by atoms with Crippen LogP contribution in [0.5, 0.6) is 0 Å². The molecular formula is C13H21NO2. The van der Waals surface area contributed by atoms with Crippen LogP contribution in [0, 0.1) is 12.3 Å². The average Bonchev–Trinajstić information content (AvgIpc) is 2.50. The van der Waals surface area contributed by atoms with Crippen molar-refractivity contribution in [3.8, 4) is 0 Å². The summed E-state index contributed by atoms with van der Waals surface area (Å²) in [6, 6.07) is 1.98. The van der Waals surface area contributed by atoms with E-state index < -0.39 is 0 Å². The largest absolute Gasteiger partial charge is 0.469 e. The Morgan fingerprint density at radius 1 is 1.50 bits per heavy atom. The fraction of sp³-hybridized carbons (Fsp3) is 0.615. The molecule has 0 unspecified atom stereocenters. The molecule has 90 valence electrons. The van der Waals surface area contributed by atoms with Crippen molar-refractivity contribution in [2.75, 3.05) is 13.6 Å². The van der Waals surface area contributed by atoms with Crippen LogP contribution >= 0.6 is 0 Å². The van der Waals surface area contributed by atoms with Gasteiger partial charge in [0.25, 0.3) is 0 Å². The molecule has 0 amide bonds.